The number of anilines is 1. The topological polar surface area (TPSA) is 58.6 Å². The first-order valence-electron chi connectivity index (χ1n) is 6.64. The summed E-state index contributed by atoms with van der Waals surface area (Å²) < 4.78 is 4.76. The standard InChI is InChI=1S/C15H23NO3/c1-4-15(5-2,11-17)10-16-13-9-7-6-8-12(13)14(18)19-3/h6-9,16-17H,4-5,10-11H2,1-3H3. The Morgan fingerprint density at radius 2 is 1.95 bits per heavy atom. The minimum absolute atomic E-state index is 0.132. The summed E-state index contributed by atoms with van der Waals surface area (Å²) in [5.74, 6) is -0.356. The average molecular weight is 265 g/mol. The van der Waals surface area contributed by atoms with Gasteiger partial charge < -0.3 is 15.2 Å². The highest BCUT2D eigenvalue weighted by molar-refractivity contribution is 5.95. The number of esters is 1. The van der Waals surface area contributed by atoms with E-state index in [0.717, 1.165) is 18.5 Å². The van der Waals surface area contributed by atoms with Crippen LogP contribution in [-0.2, 0) is 4.74 Å². The maximum Gasteiger partial charge on any atom is 0.339 e. The van der Waals surface area contributed by atoms with Gasteiger partial charge in [-0.05, 0) is 25.0 Å². The molecule has 0 fully saturated rings. The van der Waals surface area contributed by atoms with Gasteiger partial charge in [0, 0.05) is 17.6 Å². The quantitative estimate of drug-likeness (QED) is 0.744. The highest BCUT2D eigenvalue weighted by Crippen LogP contribution is 2.27. The molecule has 0 aliphatic heterocycles. The van der Waals surface area contributed by atoms with Crippen molar-refractivity contribution in [1.29, 1.82) is 0 Å². The third kappa shape index (κ3) is 3.70. The molecule has 0 amide bonds. The lowest BCUT2D eigenvalue weighted by atomic mass is 9.83. The summed E-state index contributed by atoms with van der Waals surface area (Å²) in [7, 11) is 1.37. The van der Waals surface area contributed by atoms with Gasteiger partial charge in [-0.2, -0.15) is 0 Å². The van der Waals surface area contributed by atoms with Crippen molar-refractivity contribution in [1.82, 2.24) is 0 Å². The van der Waals surface area contributed by atoms with E-state index in [2.05, 4.69) is 19.2 Å². The summed E-state index contributed by atoms with van der Waals surface area (Å²) in [6.45, 7) is 4.89. The normalized spacial score (nSPS) is 11.2. The van der Waals surface area contributed by atoms with Gasteiger partial charge in [-0.1, -0.05) is 26.0 Å². The number of carbonyl (C=O) groups excluding carboxylic acids is 1. The predicted octanol–water partition coefficient (Wildman–Crippen LogP) is 2.68. The zero-order valence-electron chi connectivity index (χ0n) is 11.9. The van der Waals surface area contributed by atoms with Crippen LogP contribution in [0.1, 0.15) is 37.0 Å². The zero-order chi connectivity index (χ0) is 14.3. The van der Waals surface area contributed by atoms with Gasteiger partial charge in [0.25, 0.3) is 0 Å². The van der Waals surface area contributed by atoms with Crippen LogP contribution in [0.25, 0.3) is 0 Å². The van der Waals surface area contributed by atoms with Gasteiger partial charge in [-0.25, -0.2) is 4.79 Å². The lowest BCUT2D eigenvalue weighted by Crippen LogP contribution is -2.32. The first-order chi connectivity index (χ1) is 9.12. The molecule has 1 aromatic rings. The van der Waals surface area contributed by atoms with Crippen molar-refractivity contribution >= 4 is 11.7 Å². The number of ether oxygens (including phenoxy) is 1. The van der Waals surface area contributed by atoms with Gasteiger partial charge in [0.1, 0.15) is 0 Å². The number of benzene rings is 1. The minimum atomic E-state index is -0.356. The van der Waals surface area contributed by atoms with Gasteiger partial charge in [-0.3, -0.25) is 0 Å². The molecule has 1 aromatic carbocycles. The Kier molecular flexibility index (Phi) is 5.83. The van der Waals surface area contributed by atoms with Crippen LogP contribution in [0.2, 0.25) is 0 Å². The highest BCUT2D eigenvalue weighted by atomic mass is 16.5. The Hall–Kier alpha value is -1.55. The third-order valence-electron chi connectivity index (χ3n) is 3.82. The predicted molar refractivity (Wildman–Crippen MR) is 76.4 cm³/mol. The molecule has 0 heterocycles. The Morgan fingerprint density at radius 3 is 2.47 bits per heavy atom. The van der Waals surface area contributed by atoms with Crippen molar-refractivity contribution in [2.75, 3.05) is 25.6 Å². The van der Waals surface area contributed by atoms with E-state index < -0.39 is 0 Å². The molecule has 106 valence electrons. The van der Waals surface area contributed by atoms with Crippen molar-refractivity contribution in [3.8, 4) is 0 Å². The van der Waals surface area contributed by atoms with Gasteiger partial charge in [0.2, 0.25) is 0 Å². The average Bonchev–Trinajstić information content (AvgIpc) is 2.49. The smallest absolute Gasteiger partial charge is 0.339 e. The molecule has 0 aromatic heterocycles. The maximum atomic E-state index is 11.7. The first kappa shape index (κ1) is 15.5. The number of hydrogen-bond acceptors (Lipinski definition) is 4. The van der Waals surface area contributed by atoms with Crippen LogP contribution < -0.4 is 5.32 Å². The summed E-state index contributed by atoms with van der Waals surface area (Å²) in [6.07, 6.45) is 1.76. The number of hydrogen-bond donors (Lipinski definition) is 2. The van der Waals surface area contributed by atoms with Gasteiger partial charge in [0.05, 0.1) is 19.3 Å². The Morgan fingerprint density at radius 1 is 1.32 bits per heavy atom. The summed E-state index contributed by atoms with van der Waals surface area (Å²) in [4.78, 5) is 11.7. The molecule has 0 aliphatic carbocycles. The molecule has 0 aliphatic rings. The van der Waals surface area contributed by atoms with E-state index >= 15 is 0 Å². The molecular weight excluding hydrogens is 242 g/mol. The number of aliphatic hydroxyl groups is 1. The summed E-state index contributed by atoms with van der Waals surface area (Å²) >= 11 is 0. The van der Waals surface area contributed by atoms with Crippen LogP contribution in [0, 0.1) is 5.41 Å². The molecule has 0 bridgehead atoms. The Labute approximate surface area is 114 Å². The van der Waals surface area contributed by atoms with Crippen molar-refractivity contribution < 1.29 is 14.6 Å². The van der Waals surface area contributed by atoms with Crippen LogP contribution >= 0.6 is 0 Å². The molecule has 0 saturated carbocycles. The first-order valence-corrected chi connectivity index (χ1v) is 6.64. The van der Waals surface area contributed by atoms with Crippen LogP contribution in [0.3, 0.4) is 0 Å². The summed E-state index contributed by atoms with van der Waals surface area (Å²) in [5.41, 5.74) is 1.11. The van der Waals surface area contributed by atoms with E-state index in [4.69, 9.17) is 4.74 Å². The van der Waals surface area contributed by atoms with Crippen LogP contribution in [0.4, 0.5) is 5.69 Å². The van der Waals surface area contributed by atoms with Gasteiger partial charge >= 0.3 is 5.97 Å². The molecule has 0 spiro atoms. The largest absolute Gasteiger partial charge is 0.465 e. The van der Waals surface area contributed by atoms with Crippen molar-refractivity contribution in [2.45, 2.75) is 26.7 Å². The molecule has 0 unspecified atom stereocenters. The van der Waals surface area contributed by atoms with Crippen molar-refractivity contribution in [3.63, 3.8) is 0 Å². The number of carbonyl (C=O) groups is 1. The minimum Gasteiger partial charge on any atom is -0.465 e. The Balaban J connectivity index is 2.85. The third-order valence-corrected chi connectivity index (χ3v) is 3.82. The Bertz CT molecular complexity index is 405. The second-order valence-corrected chi connectivity index (χ2v) is 4.76. The lowest BCUT2D eigenvalue weighted by Gasteiger charge is -2.30. The molecule has 2 N–H and O–H groups in total. The lowest BCUT2D eigenvalue weighted by molar-refractivity contribution is 0.0601. The monoisotopic (exact) mass is 265 g/mol. The van der Waals surface area contributed by atoms with E-state index in [1.165, 1.54) is 7.11 Å². The molecule has 0 saturated heterocycles. The second kappa shape index (κ2) is 7.14. The number of methoxy groups -OCH3 is 1. The van der Waals surface area contributed by atoms with Crippen molar-refractivity contribution in [2.24, 2.45) is 5.41 Å². The fourth-order valence-electron chi connectivity index (χ4n) is 1.99. The fourth-order valence-corrected chi connectivity index (χ4v) is 1.99. The fraction of sp³-hybridized carbons (Fsp3) is 0.533. The van der Waals surface area contributed by atoms with E-state index in [9.17, 15) is 9.90 Å². The molecular formula is C15H23NO3. The molecule has 0 atom stereocenters. The van der Waals surface area contributed by atoms with E-state index in [0.29, 0.717) is 12.1 Å². The van der Waals surface area contributed by atoms with Crippen LogP contribution in [0.15, 0.2) is 24.3 Å². The van der Waals surface area contributed by atoms with E-state index in [-0.39, 0.29) is 18.0 Å². The van der Waals surface area contributed by atoms with Crippen molar-refractivity contribution in [3.05, 3.63) is 29.8 Å². The number of rotatable bonds is 7. The van der Waals surface area contributed by atoms with Crippen LogP contribution in [0.5, 0.6) is 0 Å². The molecule has 4 heteroatoms. The second-order valence-electron chi connectivity index (χ2n) is 4.76. The van der Waals surface area contributed by atoms with E-state index in [1.54, 1.807) is 12.1 Å². The SMILES string of the molecule is CCC(CC)(CO)CNc1ccccc1C(=O)OC. The maximum absolute atomic E-state index is 11.7. The van der Waals surface area contributed by atoms with Gasteiger partial charge in [-0.15, -0.1) is 0 Å². The summed E-state index contributed by atoms with van der Waals surface area (Å²) in [5, 5.41) is 12.8. The molecule has 1 rings (SSSR count). The molecule has 4 nitrogen and oxygen atoms in total. The summed E-state index contributed by atoms with van der Waals surface area (Å²) in [6, 6.07) is 7.25. The zero-order valence-corrected chi connectivity index (χ0v) is 11.9. The molecule has 0 radical (unpaired) electrons. The number of aliphatic hydroxyl groups excluding tert-OH is 1. The number of para-hydroxylation sites is 1. The molecule has 19 heavy (non-hydrogen) atoms. The number of nitrogens with one attached hydrogen (secondary N) is 1. The van der Waals surface area contributed by atoms with Gasteiger partial charge in [0.15, 0.2) is 0 Å². The van der Waals surface area contributed by atoms with E-state index in [1.807, 2.05) is 12.1 Å². The van der Waals surface area contributed by atoms with Crippen LogP contribution in [-0.4, -0.2) is 31.3 Å². The highest BCUT2D eigenvalue weighted by Gasteiger charge is 2.25.